The third-order valence-corrected chi connectivity index (χ3v) is 1.70. The summed E-state index contributed by atoms with van der Waals surface area (Å²) in [6.07, 6.45) is -4.58. The third kappa shape index (κ3) is 2.11. The van der Waals surface area contributed by atoms with Gasteiger partial charge in [0.15, 0.2) is 0 Å². The Morgan fingerprint density at radius 1 is 1.43 bits per heavy atom. The second-order valence-corrected chi connectivity index (χ2v) is 2.92. The van der Waals surface area contributed by atoms with Crippen LogP contribution in [0.3, 0.4) is 0 Å². The van der Waals surface area contributed by atoms with Crippen molar-refractivity contribution in [2.75, 3.05) is 0 Å². The van der Waals surface area contributed by atoms with Gasteiger partial charge in [-0.15, -0.1) is 0 Å². The minimum atomic E-state index is -4.58. The van der Waals surface area contributed by atoms with Gasteiger partial charge in [0.25, 0.3) is 5.56 Å². The zero-order valence-corrected chi connectivity index (χ0v) is 7.50. The van der Waals surface area contributed by atoms with E-state index in [2.05, 4.69) is 12.2 Å². The lowest BCUT2D eigenvalue weighted by Crippen LogP contribution is -2.25. The van der Waals surface area contributed by atoms with Crippen molar-refractivity contribution in [3.63, 3.8) is 0 Å². The highest BCUT2D eigenvalue weighted by Crippen LogP contribution is 2.26. The maximum absolute atomic E-state index is 12.1. The van der Waals surface area contributed by atoms with Crippen molar-refractivity contribution >= 4 is 17.2 Å². The van der Waals surface area contributed by atoms with Crippen LogP contribution in [0, 0.1) is 0 Å². The first kappa shape index (κ1) is 10.7. The summed E-state index contributed by atoms with van der Waals surface area (Å²) in [6.45, 7) is 0. The lowest BCUT2D eigenvalue weighted by atomic mass is 10.2. The molecule has 0 bridgehead atoms. The number of alkyl halides is 3. The van der Waals surface area contributed by atoms with Crippen molar-refractivity contribution in [1.82, 2.24) is 4.98 Å². The van der Waals surface area contributed by atoms with E-state index >= 15 is 0 Å². The molecule has 7 heteroatoms. The number of hydrogen-bond acceptors (Lipinski definition) is 2. The van der Waals surface area contributed by atoms with Gasteiger partial charge in [0.2, 0.25) is 0 Å². The number of halogens is 3. The van der Waals surface area contributed by atoms with Gasteiger partial charge in [-0.2, -0.15) is 13.2 Å². The Labute approximate surface area is 81.7 Å². The van der Waals surface area contributed by atoms with E-state index in [1.54, 1.807) is 4.98 Å². The van der Waals surface area contributed by atoms with Gasteiger partial charge in [-0.1, -0.05) is 12.2 Å². The molecule has 1 aromatic rings. The quantitative estimate of drug-likeness (QED) is 0.697. The van der Waals surface area contributed by atoms with Crippen LogP contribution in [-0.2, 0) is 6.18 Å². The van der Waals surface area contributed by atoms with Crippen molar-refractivity contribution in [3.8, 4) is 0 Å². The van der Waals surface area contributed by atoms with Gasteiger partial charge < -0.3 is 10.7 Å². The molecule has 0 fully saturated rings. The Morgan fingerprint density at radius 2 is 2.00 bits per heavy atom. The number of nitrogens with one attached hydrogen (secondary N) is 1. The smallest absolute Gasteiger partial charge is 0.389 e. The van der Waals surface area contributed by atoms with Gasteiger partial charge in [-0.3, -0.25) is 4.79 Å². The van der Waals surface area contributed by atoms with E-state index in [0.717, 1.165) is 12.1 Å². The molecule has 1 rings (SSSR count). The van der Waals surface area contributed by atoms with Crippen molar-refractivity contribution in [3.05, 3.63) is 33.7 Å². The molecule has 0 amide bonds. The van der Waals surface area contributed by atoms with Crippen LogP contribution >= 0.6 is 12.2 Å². The van der Waals surface area contributed by atoms with Gasteiger partial charge in [-0.05, 0) is 12.1 Å². The van der Waals surface area contributed by atoms with E-state index in [-0.39, 0.29) is 10.6 Å². The fourth-order valence-corrected chi connectivity index (χ4v) is 0.994. The van der Waals surface area contributed by atoms with Crippen molar-refractivity contribution in [1.29, 1.82) is 0 Å². The van der Waals surface area contributed by atoms with E-state index in [1.165, 1.54) is 0 Å². The predicted molar refractivity (Wildman–Crippen MR) is 48.0 cm³/mol. The second-order valence-electron chi connectivity index (χ2n) is 2.48. The zero-order valence-electron chi connectivity index (χ0n) is 6.68. The summed E-state index contributed by atoms with van der Waals surface area (Å²) in [5.41, 5.74) is 2.91. The SMILES string of the molecule is NC(=S)c1ccc(C(F)(F)F)[nH]c1=O. The fraction of sp³-hybridized carbons (Fsp3) is 0.143. The Kier molecular flexibility index (Phi) is 2.61. The van der Waals surface area contributed by atoms with Crippen molar-refractivity contribution in [2.45, 2.75) is 6.18 Å². The van der Waals surface area contributed by atoms with Gasteiger partial charge in [0, 0.05) is 0 Å². The van der Waals surface area contributed by atoms with Gasteiger partial charge in [0.1, 0.15) is 10.7 Å². The van der Waals surface area contributed by atoms with Crippen LogP contribution < -0.4 is 11.3 Å². The van der Waals surface area contributed by atoms with Crippen LogP contribution in [0.2, 0.25) is 0 Å². The number of pyridine rings is 1. The Balaban J connectivity index is 3.27. The monoisotopic (exact) mass is 222 g/mol. The standard InChI is InChI=1S/C7H5F3N2OS/c8-7(9,10)4-2-1-3(5(11)14)6(13)12-4/h1-2H,(H2,11,14)(H,12,13). The molecule has 0 unspecified atom stereocenters. The molecule has 1 heterocycles. The molecule has 76 valence electrons. The summed E-state index contributed by atoms with van der Waals surface area (Å²) in [5.74, 6) is 0. The first-order valence-corrected chi connectivity index (χ1v) is 3.83. The zero-order chi connectivity index (χ0) is 10.9. The van der Waals surface area contributed by atoms with E-state index in [4.69, 9.17) is 5.73 Å². The maximum atomic E-state index is 12.1. The summed E-state index contributed by atoms with van der Waals surface area (Å²) in [4.78, 5) is 12.4. The first-order valence-electron chi connectivity index (χ1n) is 3.42. The van der Waals surface area contributed by atoms with Crippen molar-refractivity contribution < 1.29 is 13.2 Å². The van der Waals surface area contributed by atoms with Crippen LogP contribution in [0.5, 0.6) is 0 Å². The predicted octanol–water partition coefficient (Wildman–Crippen LogP) is 1.03. The topological polar surface area (TPSA) is 58.9 Å². The number of aromatic nitrogens is 1. The Bertz CT molecular complexity index is 424. The van der Waals surface area contributed by atoms with E-state index in [1.807, 2.05) is 0 Å². The van der Waals surface area contributed by atoms with Gasteiger partial charge in [-0.25, -0.2) is 0 Å². The molecular formula is C7H5F3N2OS. The fourth-order valence-electron chi connectivity index (χ4n) is 0.833. The molecule has 3 N–H and O–H groups in total. The minimum Gasteiger partial charge on any atom is -0.389 e. The molecule has 0 aliphatic rings. The molecule has 3 nitrogen and oxygen atoms in total. The number of aromatic amines is 1. The number of H-pyrrole nitrogens is 1. The summed E-state index contributed by atoms with van der Waals surface area (Å²) in [7, 11) is 0. The van der Waals surface area contributed by atoms with Crippen LogP contribution in [0.1, 0.15) is 11.3 Å². The van der Waals surface area contributed by atoms with Crippen LogP contribution in [0.4, 0.5) is 13.2 Å². The molecule has 0 aliphatic carbocycles. The molecule has 14 heavy (non-hydrogen) atoms. The summed E-state index contributed by atoms with van der Waals surface area (Å²) in [5, 5.41) is 0. The molecule has 0 aromatic carbocycles. The van der Waals surface area contributed by atoms with E-state index < -0.39 is 17.4 Å². The average molecular weight is 222 g/mol. The number of rotatable bonds is 1. The van der Waals surface area contributed by atoms with Crippen LogP contribution in [0.25, 0.3) is 0 Å². The Hall–Kier alpha value is -1.37. The molecular weight excluding hydrogens is 217 g/mol. The van der Waals surface area contributed by atoms with E-state index in [9.17, 15) is 18.0 Å². The highest BCUT2D eigenvalue weighted by atomic mass is 32.1. The highest BCUT2D eigenvalue weighted by molar-refractivity contribution is 7.80. The molecule has 0 atom stereocenters. The van der Waals surface area contributed by atoms with Gasteiger partial charge >= 0.3 is 6.18 Å². The molecule has 0 aliphatic heterocycles. The number of hydrogen-bond donors (Lipinski definition) is 2. The first-order chi connectivity index (χ1) is 6.32. The molecule has 0 spiro atoms. The normalized spacial score (nSPS) is 11.4. The lowest BCUT2D eigenvalue weighted by Gasteiger charge is -2.06. The molecule has 0 saturated carbocycles. The summed E-state index contributed by atoms with van der Waals surface area (Å²) < 4.78 is 36.2. The Morgan fingerprint density at radius 3 is 2.36 bits per heavy atom. The minimum absolute atomic E-state index is 0.131. The molecule has 1 aromatic heterocycles. The third-order valence-electron chi connectivity index (χ3n) is 1.48. The van der Waals surface area contributed by atoms with E-state index in [0.29, 0.717) is 0 Å². The van der Waals surface area contributed by atoms with Crippen molar-refractivity contribution in [2.24, 2.45) is 5.73 Å². The second kappa shape index (κ2) is 3.41. The lowest BCUT2D eigenvalue weighted by molar-refractivity contribution is -0.141. The number of thiocarbonyl (C=S) groups is 1. The number of nitrogens with two attached hydrogens (primary N) is 1. The summed E-state index contributed by atoms with van der Waals surface area (Å²) in [6, 6.07) is 1.67. The van der Waals surface area contributed by atoms with Gasteiger partial charge in [0.05, 0.1) is 5.56 Å². The highest BCUT2D eigenvalue weighted by Gasteiger charge is 2.31. The van der Waals surface area contributed by atoms with Crippen LogP contribution in [0.15, 0.2) is 16.9 Å². The average Bonchev–Trinajstić information content (AvgIpc) is 2.01. The molecule has 0 radical (unpaired) electrons. The van der Waals surface area contributed by atoms with Crippen LogP contribution in [-0.4, -0.2) is 9.97 Å². The maximum Gasteiger partial charge on any atom is 0.431 e. The summed E-state index contributed by atoms with van der Waals surface area (Å²) >= 11 is 4.46. The largest absolute Gasteiger partial charge is 0.431 e. The molecule has 0 saturated heterocycles.